The summed E-state index contributed by atoms with van der Waals surface area (Å²) in [4.78, 5) is 5.40. The van der Waals surface area contributed by atoms with E-state index < -0.39 is 10.0 Å². The van der Waals surface area contributed by atoms with E-state index in [2.05, 4.69) is 51.7 Å². The molecular formula is C18H30N4O2S2. The molecule has 0 radical (unpaired) electrons. The van der Waals surface area contributed by atoms with Crippen LogP contribution in [0.2, 0.25) is 0 Å². The van der Waals surface area contributed by atoms with Crippen molar-refractivity contribution in [1.29, 1.82) is 0 Å². The van der Waals surface area contributed by atoms with Gasteiger partial charge in [0.2, 0.25) is 10.0 Å². The van der Waals surface area contributed by atoms with E-state index in [1.807, 2.05) is 0 Å². The summed E-state index contributed by atoms with van der Waals surface area (Å²) in [6.07, 6.45) is 5.55. The normalized spacial score (nSPS) is 15.6. The van der Waals surface area contributed by atoms with Gasteiger partial charge >= 0.3 is 0 Å². The third kappa shape index (κ3) is 6.81. The molecule has 0 amide bonds. The molecule has 146 valence electrons. The van der Waals surface area contributed by atoms with E-state index in [0.29, 0.717) is 31.5 Å². The molecule has 0 heterocycles. The standard InChI is InChI=1S/C18H30N4O2S2/c1-14-7-8-16(17(11-14)25-3)13-21-18(19-2)20-9-10-26(23,24)22-12-15-5-4-6-15/h7-8,11,15,22H,4-6,9-10,12-13H2,1-3H3,(H2,19,20,21). The number of sulfonamides is 1. The number of nitrogens with one attached hydrogen (secondary N) is 3. The van der Waals surface area contributed by atoms with Crippen molar-refractivity contribution in [3.8, 4) is 0 Å². The van der Waals surface area contributed by atoms with Gasteiger partial charge in [-0.3, -0.25) is 4.99 Å². The van der Waals surface area contributed by atoms with E-state index in [-0.39, 0.29) is 5.75 Å². The molecule has 3 N–H and O–H groups in total. The van der Waals surface area contributed by atoms with Gasteiger partial charge in [0, 0.05) is 31.6 Å². The molecule has 1 fully saturated rings. The summed E-state index contributed by atoms with van der Waals surface area (Å²) in [6.45, 7) is 3.61. The first-order valence-electron chi connectivity index (χ1n) is 8.99. The summed E-state index contributed by atoms with van der Waals surface area (Å²) in [5, 5.41) is 6.32. The Morgan fingerprint density at radius 1 is 1.31 bits per heavy atom. The lowest BCUT2D eigenvalue weighted by Crippen LogP contribution is -2.41. The van der Waals surface area contributed by atoms with Crippen molar-refractivity contribution in [3.05, 3.63) is 29.3 Å². The molecule has 6 nitrogen and oxygen atoms in total. The number of rotatable bonds is 9. The fourth-order valence-electron chi connectivity index (χ4n) is 2.72. The topological polar surface area (TPSA) is 82.6 Å². The molecule has 2 rings (SSSR count). The highest BCUT2D eigenvalue weighted by Gasteiger charge is 2.20. The molecule has 1 aliphatic rings. The van der Waals surface area contributed by atoms with Gasteiger partial charge < -0.3 is 10.6 Å². The largest absolute Gasteiger partial charge is 0.355 e. The molecule has 0 saturated heterocycles. The second-order valence-corrected chi connectivity index (χ2v) is 9.41. The maximum atomic E-state index is 12.0. The van der Waals surface area contributed by atoms with Crippen molar-refractivity contribution in [2.24, 2.45) is 10.9 Å². The van der Waals surface area contributed by atoms with Gasteiger partial charge in [0.25, 0.3) is 0 Å². The Labute approximate surface area is 161 Å². The highest BCUT2D eigenvalue weighted by Crippen LogP contribution is 2.25. The third-order valence-electron chi connectivity index (χ3n) is 4.59. The van der Waals surface area contributed by atoms with Crippen molar-refractivity contribution >= 4 is 27.7 Å². The summed E-state index contributed by atoms with van der Waals surface area (Å²) in [5.41, 5.74) is 2.43. The van der Waals surface area contributed by atoms with Gasteiger partial charge in [-0.2, -0.15) is 0 Å². The first-order chi connectivity index (χ1) is 12.4. The Hall–Kier alpha value is -1.25. The van der Waals surface area contributed by atoms with Crippen LogP contribution in [-0.2, 0) is 16.6 Å². The number of hydrogen-bond acceptors (Lipinski definition) is 4. The van der Waals surface area contributed by atoms with Crippen LogP contribution in [0.25, 0.3) is 0 Å². The monoisotopic (exact) mass is 398 g/mol. The molecule has 0 aromatic heterocycles. The minimum absolute atomic E-state index is 0.0427. The van der Waals surface area contributed by atoms with Crippen LogP contribution in [0.15, 0.2) is 28.1 Å². The maximum absolute atomic E-state index is 12.0. The summed E-state index contributed by atoms with van der Waals surface area (Å²) in [7, 11) is -1.55. The number of thioether (sulfide) groups is 1. The number of guanidine groups is 1. The quantitative estimate of drug-likeness (QED) is 0.337. The van der Waals surface area contributed by atoms with Crippen LogP contribution in [0.1, 0.15) is 30.4 Å². The van der Waals surface area contributed by atoms with Gasteiger partial charge in [-0.25, -0.2) is 13.1 Å². The van der Waals surface area contributed by atoms with E-state index in [0.717, 1.165) is 12.8 Å². The molecule has 0 atom stereocenters. The van der Waals surface area contributed by atoms with Gasteiger partial charge in [-0.15, -0.1) is 11.8 Å². The van der Waals surface area contributed by atoms with Crippen molar-refractivity contribution < 1.29 is 8.42 Å². The zero-order valence-electron chi connectivity index (χ0n) is 15.8. The smallest absolute Gasteiger partial charge is 0.213 e. The van der Waals surface area contributed by atoms with Crippen molar-refractivity contribution in [2.75, 3.05) is 32.1 Å². The summed E-state index contributed by atoms with van der Waals surface area (Å²) in [6, 6.07) is 6.36. The van der Waals surface area contributed by atoms with Gasteiger partial charge in [0.05, 0.1) is 5.75 Å². The molecule has 8 heteroatoms. The maximum Gasteiger partial charge on any atom is 0.213 e. The van der Waals surface area contributed by atoms with Crippen LogP contribution in [0.3, 0.4) is 0 Å². The van der Waals surface area contributed by atoms with Crippen LogP contribution >= 0.6 is 11.8 Å². The predicted molar refractivity (Wildman–Crippen MR) is 110 cm³/mol. The van der Waals surface area contributed by atoms with Crippen LogP contribution in [-0.4, -0.2) is 46.5 Å². The number of aliphatic imine (C=N–C) groups is 1. The highest BCUT2D eigenvalue weighted by molar-refractivity contribution is 7.98. The van der Waals surface area contributed by atoms with E-state index in [4.69, 9.17) is 0 Å². The van der Waals surface area contributed by atoms with Gasteiger partial charge in [-0.05, 0) is 49.1 Å². The SMILES string of the molecule is CN=C(NCCS(=O)(=O)NCC1CCC1)NCc1ccc(C)cc1SC. The van der Waals surface area contributed by atoms with Gasteiger partial charge in [-0.1, -0.05) is 18.6 Å². The third-order valence-corrected chi connectivity index (χ3v) is 6.76. The lowest BCUT2D eigenvalue weighted by Gasteiger charge is -2.25. The Bertz CT molecular complexity index is 716. The minimum atomic E-state index is -3.24. The summed E-state index contributed by atoms with van der Waals surface area (Å²) < 4.78 is 26.8. The molecule has 0 unspecified atom stereocenters. The summed E-state index contributed by atoms with van der Waals surface area (Å²) >= 11 is 1.72. The average molecular weight is 399 g/mol. The first kappa shape index (κ1) is 21.1. The predicted octanol–water partition coefficient (Wildman–Crippen LogP) is 2.10. The molecule has 0 bridgehead atoms. The number of hydrogen-bond donors (Lipinski definition) is 3. The molecule has 1 aromatic rings. The lowest BCUT2D eigenvalue weighted by molar-refractivity contribution is 0.316. The van der Waals surface area contributed by atoms with Gasteiger partial charge in [0.15, 0.2) is 5.96 Å². The van der Waals surface area contributed by atoms with E-state index in [1.165, 1.54) is 22.4 Å². The number of nitrogens with zero attached hydrogens (tertiary/aromatic N) is 1. The molecule has 1 saturated carbocycles. The van der Waals surface area contributed by atoms with Crippen LogP contribution in [0.5, 0.6) is 0 Å². The fraction of sp³-hybridized carbons (Fsp3) is 0.611. The van der Waals surface area contributed by atoms with Crippen molar-refractivity contribution in [3.63, 3.8) is 0 Å². The van der Waals surface area contributed by atoms with E-state index >= 15 is 0 Å². The van der Waals surface area contributed by atoms with E-state index in [9.17, 15) is 8.42 Å². The summed E-state index contributed by atoms with van der Waals surface area (Å²) in [5.74, 6) is 1.17. The van der Waals surface area contributed by atoms with Crippen LogP contribution in [0.4, 0.5) is 0 Å². The second-order valence-electron chi connectivity index (χ2n) is 6.63. The molecule has 0 aliphatic heterocycles. The fourth-order valence-corrected chi connectivity index (χ4v) is 4.43. The highest BCUT2D eigenvalue weighted by atomic mass is 32.2. The minimum Gasteiger partial charge on any atom is -0.355 e. The van der Waals surface area contributed by atoms with E-state index in [1.54, 1.807) is 18.8 Å². The van der Waals surface area contributed by atoms with Gasteiger partial charge in [0.1, 0.15) is 0 Å². The zero-order valence-corrected chi connectivity index (χ0v) is 17.5. The molecule has 0 spiro atoms. The first-order valence-corrected chi connectivity index (χ1v) is 11.9. The second kappa shape index (κ2) is 10.2. The number of benzene rings is 1. The Morgan fingerprint density at radius 2 is 2.08 bits per heavy atom. The Morgan fingerprint density at radius 3 is 2.69 bits per heavy atom. The lowest BCUT2D eigenvalue weighted by atomic mass is 9.86. The number of aryl methyl sites for hydroxylation is 1. The van der Waals surface area contributed by atoms with Crippen LogP contribution in [0, 0.1) is 12.8 Å². The molecule has 1 aliphatic carbocycles. The Balaban J connectivity index is 1.75. The van der Waals surface area contributed by atoms with Crippen molar-refractivity contribution in [2.45, 2.75) is 37.6 Å². The van der Waals surface area contributed by atoms with Crippen LogP contribution < -0.4 is 15.4 Å². The van der Waals surface area contributed by atoms with Crippen molar-refractivity contribution in [1.82, 2.24) is 15.4 Å². The Kier molecular flexibility index (Phi) is 8.24. The zero-order chi connectivity index (χ0) is 19.0. The molecular weight excluding hydrogens is 368 g/mol. The molecule has 26 heavy (non-hydrogen) atoms. The molecule has 1 aromatic carbocycles. The average Bonchev–Trinajstić information content (AvgIpc) is 2.57.